The molecule has 0 N–H and O–H groups in total. The number of nitrogens with zero attached hydrogens (tertiary/aromatic N) is 1. The van der Waals surface area contributed by atoms with Crippen LogP contribution in [0.1, 0.15) is 12.8 Å². The Balaban J connectivity index is 3.17. The lowest BCUT2D eigenvalue weighted by Crippen LogP contribution is -2.37. The van der Waals surface area contributed by atoms with Crippen LogP contribution in [0.2, 0.25) is 0 Å². The van der Waals surface area contributed by atoms with E-state index in [-0.39, 0.29) is 0 Å². The highest BCUT2D eigenvalue weighted by Gasteiger charge is 2.04. The van der Waals surface area contributed by atoms with E-state index in [9.17, 15) is 0 Å². The summed E-state index contributed by atoms with van der Waals surface area (Å²) in [7, 11) is 9.66. The molecular formula is C7H15BN+. The van der Waals surface area contributed by atoms with Crippen molar-refractivity contribution in [2.75, 3.05) is 20.6 Å². The summed E-state index contributed by atoms with van der Waals surface area (Å²) in [6.07, 6.45) is 4.13. The molecule has 0 saturated carbocycles. The fraction of sp³-hybridized carbons (Fsp3) is 0.714. The summed E-state index contributed by atoms with van der Waals surface area (Å²) < 4.78 is 0.563. The standard InChI is InChI=1S/C7H15BN/c1-4-5-6-7-9(2,3)8/h4H,1,5-7H2,2-3H3/q+1. The molecule has 9 heavy (non-hydrogen) atoms. The SMILES string of the molecule is [B][N+](C)(C)CCCC=C. The lowest BCUT2D eigenvalue weighted by molar-refractivity contribution is -0.773. The van der Waals surface area contributed by atoms with Crippen LogP contribution in [0.25, 0.3) is 0 Å². The average Bonchev–Trinajstić information content (AvgIpc) is 1.63. The number of unbranched alkanes of at least 4 members (excludes halogenated alkanes) is 1. The Morgan fingerprint density at radius 3 is 2.44 bits per heavy atom. The molecule has 0 saturated heterocycles. The Morgan fingerprint density at radius 2 is 2.11 bits per heavy atom. The van der Waals surface area contributed by atoms with Crippen LogP contribution in [0.4, 0.5) is 0 Å². The van der Waals surface area contributed by atoms with Crippen LogP contribution in [0.5, 0.6) is 0 Å². The molecule has 2 heteroatoms. The minimum atomic E-state index is 0.563. The predicted octanol–water partition coefficient (Wildman–Crippen LogP) is 1.11. The van der Waals surface area contributed by atoms with E-state index in [1.807, 2.05) is 20.2 Å². The Morgan fingerprint density at radius 1 is 1.56 bits per heavy atom. The molecule has 0 atom stereocenters. The fourth-order valence-corrected chi connectivity index (χ4v) is 0.643. The minimum absolute atomic E-state index is 0.563. The van der Waals surface area contributed by atoms with Gasteiger partial charge in [-0.1, -0.05) is 6.08 Å². The highest BCUT2D eigenvalue weighted by Crippen LogP contribution is 1.95. The first-order valence-corrected chi connectivity index (χ1v) is 3.29. The second-order valence-corrected chi connectivity index (χ2v) is 2.93. The lowest BCUT2D eigenvalue weighted by Gasteiger charge is -2.24. The van der Waals surface area contributed by atoms with Gasteiger partial charge in [-0.3, -0.25) is 0 Å². The van der Waals surface area contributed by atoms with Gasteiger partial charge < -0.3 is 4.39 Å². The predicted molar refractivity (Wildman–Crippen MR) is 42.2 cm³/mol. The molecule has 0 bridgehead atoms. The molecule has 0 aromatic rings. The molecule has 0 aliphatic rings. The summed E-state index contributed by atoms with van der Waals surface area (Å²) in [5.41, 5.74) is 0. The Labute approximate surface area is 59.4 Å². The van der Waals surface area contributed by atoms with Crippen molar-refractivity contribution in [1.29, 1.82) is 0 Å². The maximum Gasteiger partial charge on any atom is 0.480 e. The van der Waals surface area contributed by atoms with Crippen LogP contribution < -0.4 is 0 Å². The summed E-state index contributed by atoms with van der Waals surface area (Å²) >= 11 is 0. The molecule has 2 radical (unpaired) electrons. The maximum atomic E-state index is 5.68. The van der Waals surface area contributed by atoms with Gasteiger partial charge >= 0.3 is 7.98 Å². The highest BCUT2D eigenvalue weighted by atomic mass is 15.2. The van der Waals surface area contributed by atoms with Gasteiger partial charge in [0.25, 0.3) is 0 Å². The maximum absolute atomic E-state index is 5.68. The largest absolute Gasteiger partial charge is 0.480 e. The smallest absolute Gasteiger partial charge is 0.401 e. The van der Waals surface area contributed by atoms with Gasteiger partial charge in [0.05, 0.1) is 6.54 Å². The molecule has 50 valence electrons. The quantitative estimate of drug-likeness (QED) is 0.299. The van der Waals surface area contributed by atoms with Crippen LogP contribution in [0, 0.1) is 0 Å². The van der Waals surface area contributed by atoms with Gasteiger partial charge in [0, 0.05) is 14.1 Å². The normalized spacial score (nSPS) is 11.3. The van der Waals surface area contributed by atoms with E-state index in [1.54, 1.807) is 0 Å². The van der Waals surface area contributed by atoms with Crippen molar-refractivity contribution in [3.05, 3.63) is 12.7 Å². The molecule has 0 aromatic heterocycles. The minimum Gasteiger partial charge on any atom is -0.401 e. The van der Waals surface area contributed by atoms with E-state index in [1.165, 1.54) is 0 Å². The van der Waals surface area contributed by atoms with E-state index >= 15 is 0 Å². The molecule has 1 nitrogen and oxygen atoms in total. The van der Waals surface area contributed by atoms with Gasteiger partial charge in [-0.05, 0) is 12.8 Å². The Kier molecular flexibility index (Phi) is 3.63. The summed E-state index contributed by atoms with van der Waals surface area (Å²) in [5, 5.41) is 0. The summed E-state index contributed by atoms with van der Waals surface area (Å²) in [4.78, 5) is 0. The van der Waals surface area contributed by atoms with Crippen molar-refractivity contribution in [2.45, 2.75) is 12.8 Å². The van der Waals surface area contributed by atoms with Gasteiger partial charge in [-0.2, -0.15) is 0 Å². The van der Waals surface area contributed by atoms with Crippen molar-refractivity contribution in [1.82, 2.24) is 0 Å². The second kappa shape index (κ2) is 3.73. The second-order valence-electron chi connectivity index (χ2n) is 2.93. The topological polar surface area (TPSA) is 0 Å². The van der Waals surface area contributed by atoms with Gasteiger partial charge in [-0.15, -0.1) is 6.58 Å². The van der Waals surface area contributed by atoms with Crippen LogP contribution in [-0.4, -0.2) is 33.0 Å². The molecule has 0 fully saturated rings. The van der Waals surface area contributed by atoms with Crippen LogP contribution in [-0.2, 0) is 0 Å². The van der Waals surface area contributed by atoms with Crippen LogP contribution >= 0.6 is 0 Å². The average molecular weight is 124 g/mol. The van der Waals surface area contributed by atoms with E-state index < -0.39 is 0 Å². The third kappa shape index (κ3) is 7.76. The highest BCUT2D eigenvalue weighted by molar-refractivity contribution is 5.97. The summed E-state index contributed by atoms with van der Waals surface area (Å²) in [5.74, 6) is 0. The first-order valence-electron chi connectivity index (χ1n) is 3.29. The first-order chi connectivity index (χ1) is 4.06. The number of hydrogen-bond acceptors (Lipinski definition) is 0. The van der Waals surface area contributed by atoms with Gasteiger partial charge in [0.2, 0.25) is 0 Å². The number of rotatable bonds is 4. The molecule has 0 heterocycles. The number of allylic oxidation sites excluding steroid dienone is 1. The molecule has 0 aliphatic heterocycles. The molecule has 0 spiro atoms. The molecule has 0 unspecified atom stereocenters. The fourth-order valence-electron chi connectivity index (χ4n) is 0.643. The zero-order valence-corrected chi connectivity index (χ0v) is 6.43. The zero-order valence-electron chi connectivity index (χ0n) is 6.43. The molecule has 0 aromatic carbocycles. The van der Waals surface area contributed by atoms with E-state index in [0.717, 1.165) is 19.4 Å². The Bertz CT molecular complexity index is 83.4. The first kappa shape index (κ1) is 8.76. The number of hydrogen-bond donors (Lipinski definition) is 0. The van der Waals surface area contributed by atoms with Crippen molar-refractivity contribution >= 4 is 7.98 Å². The van der Waals surface area contributed by atoms with Crippen molar-refractivity contribution in [3.63, 3.8) is 0 Å². The third-order valence-corrected chi connectivity index (χ3v) is 1.14. The van der Waals surface area contributed by atoms with Gasteiger partial charge in [0.1, 0.15) is 0 Å². The lowest BCUT2D eigenvalue weighted by atomic mass is 10.2. The molecule has 0 rings (SSSR count). The van der Waals surface area contributed by atoms with Crippen molar-refractivity contribution in [2.24, 2.45) is 0 Å². The summed E-state index contributed by atoms with van der Waals surface area (Å²) in [6.45, 7) is 4.65. The van der Waals surface area contributed by atoms with E-state index in [4.69, 9.17) is 7.98 Å². The molecule has 0 aliphatic carbocycles. The Hall–Kier alpha value is -0.235. The third-order valence-electron chi connectivity index (χ3n) is 1.14. The number of quaternary nitrogens is 1. The molecule has 0 amide bonds. The molecular weight excluding hydrogens is 109 g/mol. The van der Waals surface area contributed by atoms with Crippen molar-refractivity contribution < 1.29 is 4.39 Å². The van der Waals surface area contributed by atoms with Crippen molar-refractivity contribution in [3.8, 4) is 0 Å². The van der Waals surface area contributed by atoms with E-state index in [2.05, 4.69) is 6.58 Å². The van der Waals surface area contributed by atoms with E-state index in [0.29, 0.717) is 4.39 Å². The van der Waals surface area contributed by atoms with Gasteiger partial charge in [0.15, 0.2) is 0 Å². The van der Waals surface area contributed by atoms with Gasteiger partial charge in [-0.25, -0.2) is 0 Å². The monoisotopic (exact) mass is 124 g/mol. The zero-order chi connectivity index (χ0) is 7.33. The van der Waals surface area contributed by atoms with Crippen LogP contribution in [0.15, 0.2) is 12.7 Å². The summed E-state index contributed by atoms with van der Waals surface area (Å²) in [6, 6.07) is 0. The van der Waals surface area contributed by atoms with Crippen LogP contribution in [0.3, 0.4) is 0 Å².